The molecule has 1 amide bonds. The third kappa shape index (κ3) is 5.87. The molecule has 0 saturated heterocycles. The predicted molar refractivity (Wildman–Crippen MR) is 85.3 cm³/mol. The van der Waals surface area contributed by atoms with E-state index in [-0.39, 0.29) is 31.0 Å². The van der Waals surface area contributed by atoms with Crippen LogP contribution in [0.1, 0.15) is 13.8 Å². The van der Waals surface area contributed by atoms with Crippen molar-refractivity contribution in [1.82, 2.24) is 10.9 Å². The summed E-state index contributed by atoms with van der Waals surface area (Å²) < 4.78 is 21.0. The number of hydrogen-bond acceptors (Lipinski definition) is 6. The molecule has 0 unspecified atom stereocenters. The average Bonchev–Trinajstić information content (AvgIpc) is 2.49. The van der Waals surface area contributed by atoms with E-state index in [2.05, 4.69) is 10.9 Å². The largest absolute Gasteiger partial charge is 0.493 e. The Morgan fingerprint density at radius 3 is 2.05 bits per heavy atom. The zero-order chi connectivity index (χ0) is 15.8. The van der Waals surface area contributed by atoms with Crippen LogP contribution in [-0.4, -0.2) is 39.9 Å². The van der Waals surface area contributed by atoms with E-state index in [0.717, 1.165) is 0 Å². The smallest absolute Gasteiger partial charge is 0.271 e. The number of nitrogens with one attached hydrogen (secondary N) is 2. The lowest BCUT2D eigenvalue weighted by molar-refractivity contribution is -0.124. The molecule has 0 radical (unpaired) electrons. The lowest BCUT2D eigenvalue weighted by atomic mass is 10.2. The Morgan fingerprint density at radius 1 is 1.09 bits per heavy atom. The molecule has 22 heavy (non-hydrogen) atoms. The number of carbonyl (C=O) groups excluding carboxylic acids is 1. The van der Waals surface area contributed by atoms with Crippen molar-refractivity contribution in [1.29, 1.82) is 0 Å². The number of carbonyl (C=O) groups is 1. The number of halogens is 1. The Kier molecular flexibility index (Phi) is 9.12. The molecule has 8 heteroatoms. The van der Waals surface area contributed by atoms with Crippen molar-refractivity contribution in [2.24, 2.45) is 0 Å². The molecule has 0 aliphatic rings. The van der Waals surface area contributed by atoms with Crippen LogP contribution in [0.2, 0.25) is 0 Å². The molecule has 0 spiro atoms. The van der Waals surface area contributed by atoms with Gasteiger partial charge in [0.1, 0.15) is 5.75 Å². The highest BCUT2D eigenvalue weighted by Crippen LogP contribution is 2.40. The first kappa shape index (κ1) is 20.1. The van der Waals surface area contributed by atoms with Gasteiger partial charge >= 0.3 is 0 Å². The van der Waals surface area contributed by atoms with Crippen LogP contribution in [0.3, 0.4) is 0 Å². The van der Waals surface area contributed by atoms with Gasteiger partial charge in [-0.05, 0) is 13.8 Å². The Hall–Kier alpha value is -1.86. The number of ether oxygens (including phenoxy) is 4. The van der Waals surface area contributed by atoms with Gasteiger partial charge in [-0.25, -0.2) is 5.43 Å². The first-order valence-electron chi connectivity index (χ1n) is 6.49. The second kappa shape index (κ2) is 9.97. The van der Waals surface area contributed by atoms with Gasteiger partial charge in [-0.2, -0.15) is 0 Å². The standard InChI is InChI=1S/C14H22N2O5.ClH/c1-9(2)15-16-13(17)8-21-10-6-11(18-3)14(20-5)12(7-10)19-4;/h6-7,9,15H,8H2,1-5H3,(H,16,17);1H. The fraction of sp³-hybridized carbons (Fsp3) is 0.500. The van der Waals surface area contributed by atoms with Crippen LogP contribution < -0.4 is 29.8 Å². The minimum absolute atomic E-state index is 0. The van der Waals surface area contributed by atoms with Crippen molar-refractivity contribution in [2.45, 2.75) is 19.9 Å². The predicted octanol–water partition coefficient (Wildman–Crippen LogP) is 1.54. The summed E-state index contributed by atoms with van der Waals surface area (Å²) in [6, 6.07) is 3.41. The fourth-order valence-electron chi connectivity index (χ4n) is 1.55. The quantitative estimate of drug-likeness (QED) is 0.702. The molecule has 0 aliphatic heterocycles. The third-order valence-corrected chi connectivity index (χ3v) is 2.51. The van der Waals surface area contributed by atoms with Gasteiger partial charge in [-0.1, -0.05) is 0 Å². The van der Waals surface area contributed by atoms with Crippen LogP contribution in [0.4, 0.5) is 0 Å². The summed E-state index contributed by atoms with van der Waals surface area (Å²) in [6.45, 7) is 3.71. The van der Waals surface area contributed by atoms with Crippen LogP contribution in [0, 0.1) is 0 Å². The van der Waals surface area contributed by atoms with E-state index >= 15 is 0 Å². The molecule has 0 bridgehead atoms. The Bertz CT molecular complexity index is 457. The van der Waals surface area contributed by atoms with Gasteiger partial charge in [0.25, 0.3) is 5.91 Å². The van der Waals surface area contributed by atoms with Gasteiger partial charge in [0.05, 0.1) is 21.3 Å². The minimum Gasteiger partial charge on any atom is -0.493 e. The Morgan fingerprint density at radius 2 is 1.64 bits per heavy atom. The van der Waals surface area contributed by atoms with Crippen molar-refractivity contribution in [3.05, 3.63) is 12.1 Å². The molecule has 1 rings (SSSR count). The SMILES string of the molecule is COc1cc(OCC(=O)NNC(C)C)cc(OC)c1OC.Cl. The zero-order valence-electron chi connectivity index (χ0n) is 13.4. The normalized spacial score (nSPS) is 9.73. The summed E-state index contributed by atoms with van der Waals surface area (Å²) >= 11 is 0. The van der Waals surface area contributed by atoms with Crippen LogP contribution in [-0.2, 0) is 4.79 Å². The van der Waals surface area contributed by atoms with Gasteiger partial charge in [-0.3, -0.25) is 10.2 Å². The first-order chi connectivity index (χ1) is 10.0. The van der Waals surface area contributed by atoms with E-state index in [1.54, 1.807) is 12.1 Å². The molecule has 1 aromatic rings. The van der Waals surface area contributed by atoms with Gasteiger partial charge in [0, 0.05) is 18.2 Å². The molecule has 0 atom stereocenters. The van der Waals surface area contributed by atoms with Crippen LogP contribution in [0.25, 0.3) is 0 Å². The molecule has 0 heterocycles. The highest BCUT2D eigenvalue weighted by molar-refractivity contribution is 5.85. The lowest BCUT2D eigenvalue weighted by Crippen LogP contribution is -2.43. The van der Waals surface area contributed by atoms with Crippen molar-refractivity contribution < 1.29 is 23.7 Å². The molecule has 0 aliphatic carbocycles. The Labute approximate surface area is 136 Å². The van der Waals surface area contributed by atoms with Crippen molar-refractivity contribution >= 4 is 18.3 Å². The second-order valence-corrected chi connectivity index (χ2v) is 4.50. The third-order valence-electron chi connectivity index (χ3n) is 2.51. The lowest BCUT2D eigenvalue weighted by Gasteiger charge is -2.15. The number of hydrogen-bond donors (Lipinski definition) is 2. The van der Waals surface area contributed by atoms with E-state index in [1.807, 2.05) is 13.8 Å². The molecular weight excluding hydrogens is 312 g/mol. The molecule has 1 aromatic carbocycles. The maximum Gasteiger partial charge on any atom is 0.271 e. The summed E-state index contributed by atoms with van der Waals surface area (Å²) in [5.74, 6) is 1.57. The maximum atomic E-state index is 11.6. The molecule has 7 nitrogen and oxygen atoms in total. The van der Waals surface area contributed by atoms with Gasteiger partial charge in [0.15, 0.2) is 18.1 Å². The summed E-state index contributed by atoms with van der Waals surface area (Å²) in [7, 11) is 4.55. The maximum absolute atomic E-state index is 11.6. The highest BCUT2D eigenvalue weighted by atomic mass is 35.5. The van der Waals surface area contributed by atoms with Gasteiger partial charge in [-0.15, -0.1) is 12.4 Å². The van der Waals surface area contributed by atoms with E-state index in [4.69, 9.17) is 18.9 Å². The second-order valence-electron chi connectivity index (χ2n) is 4.50. The number of benzene rings is 1. The number of hydrazine groups is 1. The van der Waals surface area contributed by atoms with Crippen LogP contribution >= 0.6 is 12.4 Å². The Balaban J connectivity index is 0.00000441. The summed E-state index contributed by atoms with van der Waals surface area (Å²) in [6.07, 6.45) is 0. The summed E-state index contributed by atoms with van der Waals surface area (Å²) in [4.78, 5) is 11.6. The molecule has 0 fully saturated rings. The molecule has 2 N–H and O–H groups in total. The van der Waals surface area contributed by atoms with Crippen molar-refractivity contribution in [2.75, 3.05) is 27.9 Å². The zero-order valence-corrected chi connectivity index (χ0v) is 14.2. The van der Waals surface area contributed by atoms with Gasteiger partial charge in [0.2, 0.25) is 5.75 Å². The summed E-state index contributed by atoms with van der Waals surface area (Å²) in [5, 5.41) is 0. The van der Waals surface area contributed by atoms with E-state index < -0.39 is 0 Å². The monoisotopic (exact) mass is 334 g/mol. The van der Waals surface area contributed by atoms with Crippen LogP contribution in [0.5, 0.6) is 23.0 Å². The fourth-order valence-corrected chi connectivity index (χ4v) is 1.55. The highest BCUT2D eigenvalue weighted by Gasteiger charge is 2.14. The molecular formula is C14H23ClN2O5. The molecule has 0 aromatic heterocycles. The minimum atomic E-state index is -0.280. The number of amides is 1. The van der Waals surface area contributed by atoms with E-state index in [9.17, 15) is 4.79 Å². The van der Waals surface area contributed by atoms with Crippen molar-refractivity contribution in [3.8, 4) is 23.0 Å². The van der Waals surface area contributed by atoms with E-state index in [1.165, 1.54) is 21.3 Å². The first-order valence-corrected chi connectivity index (χ1v) is 6.49. The van der Waals surface area contributed by atoms with Gasteiger partial charge < -0.3 is 18.9 Å². The number of rotatable bonds is 8. The number of methoxy groups -OCH3 is 3. The van der Waals surface area contributed by atoms with Crippen LogP contribution in [0.15, 0.2) is 12.1 Å². The molecule has 0 saturated carbocycles. The van der Waals surface area contributed by atoms with E-state index in [0.29, 0.717) is 23.0 Å². The topological polar surface area (TPSA) is 78.1 Å². The average molecular weight is 335 g/mol. The molecule has 126 valence electrons. The summed E-state index contributed by atoms with van der Waals surface area (Å²) in [5.41, 5.74) is 5.33. The van der Waals surface area contributed by atoms with Crippen molar-refractivity contribution in [3.63, 3.8) is 0 Å².